The normalized spacial score (nSPS) is 18.2. The Morgan fingerprint density at radius 3 is 1.60 bits per heavy atom. The number of benzene rings is 5. The number of carbonyl (C=O) groups excluding carboxylic acids is 3. The zero-order valence-corrected chi connectivity index (χ0v) is 56.9. The van der Waals surface area contributed by atoms with Gasteiger partial charge in [-0.25, -0.2) is 14.4 Å². The number of hydrogen-bond acceptors (Lipinski definition) is 19. The second-order valence-corrected chi connectivity index (χ2v) is 27.7. The smallest absolute Gasteiger partial charge is 0.410 e. The summed E-state index contributed by atoms with van der Waals surface area (Å²) in [4.78, 5) is 73.3. The van der Waals surface area contributed by atoms with Crippen molar-refractivity contribution in [2.24, 2.45) is 0 Å². The van der Waals surface area contributed by atoms with E-state index in [1.54, 1.807) is 20.8 Å². The number of aromatic hydroxyl groups is 1. The van der Waals surface area contributed by atoms with Crippen LogP contribution in [0, 0.1) is 0 Å². The number of hydrogen-bond donors (Lipinski definition) is 2. The van der Waals surface area contributed by atoms with E-state index in [0.29, 0.717) is 71.6 Å². The van der Waals surface area contributed by atoms with Gasteiger partial charge in [-0.05, 0) is 115 Å². The van der Waals surface area contributed by atoms with Gasteiger partial charge < -0.3 is 73.1 Å². The van der Waals surface area contributed by atoms with Crippen LogP contribution in [0.4, 0.5) is 37.4 Å². The van der Waals surface area contributed by atoms with Crippen molar-refractivity contribution >= 4 is 62.8 Å². The van der Waals surface area contributed by atoms with Crippen LogP contribution in [0.3, 0.4) is 0 Å². The van der Waals surface area contributed by atoms with E-state index in [-0.39, 0.29) is 55.3 Å². The van der Waals surface area contributed by atoms with Crippen molar-refractivity contribution in [2.45, 2.75) is 143 Å². The average molecular weight is 1310 g/mol. The van der Waals surface area contributed by atoms with Crippen molar-refractivity contribution in [1.82, 2.24) is 40.0 Å². The van der Waals surface area contributed by atoms with E-state index < -0.39 is 11.2 Å². The minimum atomic E-state index is -0.581. The van der Waals surface area contributed by atoms with Crippen molar-refractivity contribution in [1.29, 1.82) is 0 Å². The summed E-state index contributed by atoms with van der Waals surface area (Å²) >= 11 is 0. The van der Waals surface area contributed by atoms with E-state index in [0.717, 1.165) is 164 Å². The molecule has 510 valence electrons. The second-order valence-electron chi connectivity index (χ2n) is 27.7. The number of phenolic OH excluding ortho intramolecular Hbond substituents is 1. The molecule has 22 heteroatoms. The quantitative estimate of drug-likeness (QED) is 0.0680. The fourth-order valence-corrected chi connectivity index (χ4v) is 13.6. The van der Waals surface area contributed by atoms with Gasteiger partial charge >= 0.3 is 30.3 Å². The molecule has 0 saturated carbocycles. The molecule has 2 atom stereocenters. The molecule has 4 saturated heterocycles. The molecule has 0 bridgehead atoms. The molecule has 2 N–H and O–H groups in total. The number of anilines is 4. The number of nitrogens with one attached hydrogen (secondary N) is 1. The highest BCUT2D eigenvalue weighted by Gasteiger charge is 2.37. The third kappa shape index (κ3) is 16.4. The van der Waals surface area contributed by atoms with Crippen molar-refractivity contribution in [3.05, 3.63) is 131 Å². The third-order valence-corrected chi connectivity index (χ3v) is 18.4. The molecule has 0 aliphatic carbocycles. The first kappa shape index (κ1) is 67.0. The molecule has 4 fully saturated rings. The Hall–Kier alpha value is -9.05. The summed E-state index contributed by atoms with van der Waals surface area (Å²) in [6.07, 6.45) is 6.15. The largest absolute Gasteiger partial charge is 0.508 e. The Labute approximate surface area is 563 Å². The van der Waals surface area contributed by atoms with Gasteiger partial charge in [-0.2, -0.15) is 19.9 Å². The molecule has 5 aromatic carbocycles. The van der Waals surface area contributed by atoms with Crippen molar-refractivity contribution < 1.29 is 47.9 Å². The van der Waals surface area contributed by atoms with Crippen LogP contribution in [-0.2, 0) is 46.7 Å². The maximum atomic E-state index is 13.0. The Morgan fingerprint density at radius 2 is 1.06 bits per heavy atom. The van der Waals surface area contributed by atoms with E-state index in [1.165, 1.54) is 5.39 Å². The number of likely N-dealkylation sites (tertiary alicyclic amines) is 2. The van der Waals surface area contributed by atoms with Gasteiger partial charge in [-0.3, -0.25) is 0 Å². The number of piperazine rings is 2. The van der Waals surface area contributed by atoms with Crippen LogP contribution in [0.1, 0.15) is 115 Å². The van der Waals surface area contributed by atoms with E-state index in [1.807, 2.05) is 96.1 Å². The number of nitrogens with zero attached hydrogens (tertiary/aromatic N) is 11. The lowest BCUT2D eigenvalue weighted by Crippen LogP contribution is -2.49. The highest BCUT2D eigenvalue weighted by Crippen LogP contribution is 2.40. The first-order valence-corrected chi connectivity index (χ1v) is 34.5. The molecule has 0 spiro atoms. The number of ether oxygens (including phenoxy) is 6. The van der Waals surface area contributed by atoms with Crippen LogP contribution in [0.15, 0.2) is 103 Å². The lowest BCUT2D eigenvalue weighted by molar-refractivity contribution is 0.0174. The number of rotatable bonds is 16. The van der Waals surface area contributed by atoms with Gasteiger partial charge in [-0.15, -0.1) is 0 Å². The minimum Gasteiger partial charge on any atom is -0.508 e. The van der Waals surface area contributed by atoms with Gasteiger partial charge in [0.1, 0.15) is 54.2 Å². The van der Waals surface area contributed by atoms with Crippen LogP contribution in [0.25, 0.3) is 21.5 Å². The van der Waals surface area contributed by atoms with E-state index in [4.69, 9.17) is 48.4 Å². The molecule has 7 aromatic rings. The molecule has 2 aromatic heterocycles. The number of fused-ring (bicyclic) bond motifs is 4. The Morgan fingerprint density at radius 1 is 0.552 bits per heavy atom. The number of amides is 3. The van der Waals surface area contributed by atoms with Crippen molar-refractivity contribution in [3.8, 4) is 23.5 Å². The van der Waals surface area contributed by atoms with E-state index in [2.05, 4.69) is 74.3 Å². The summed E-state index contributed by atoms with van der Waals surface area (Å²) in [5.74, 6) is 2.91. The van der Waals surface area contributed by atoms with Crippen molar-refractivity contribution in [2.75, 3.05) is 118 Å². The monoisotopic (exact) mass is 1310 g/mol. The van der Waals surface area contributed by atoms with Crippen LogP contribution in [0.5, 0.6) is 23.5 Å². The summed E-state index contributed by atoms with van der Waals surface area (Å²) < 4.78 is 35.8. The molecule has 0 unspecified atom stereocenters. The Balaban J connectivity index is 0.000000191. The molecular formula is C74H94N12O10. The predicted octanol–water partition coefficient (Wildman–Crippen LogP) is 11.7. The Kier molecular flexibility index (Phi) is 20.9. The molecule has 3 amide bonds. The van der Waals surface area contributed by atoms with Crippen molar-refractivity contribution in [3.63, 3.8) is 0 Å². The molecule has 13 rings (SSSR count). The summed E-state index contributed by atoms with van der Waals surface area (Å²) in [5.41, 5.74) is 6.05. The highest BCUT2D eigenvalue weighted by molar-refractivity contribution is 5.97. The number of phenols is 1. The zero-order valence-electron chi connectivity index (χ0n) is 56.9. The lowest BCUT2D eigenvalue weighted by Gasteiger charge is -2.38. The maximum Gasteiger partial charge on any atom is 0.410 e. The predicted molar refractivity (Wildman–Crippen MR) is 372 cm³/mol. The highest BCUT2D eigenvalue weighted by atomic mass is 16.6. The summed E-state index contributed by atoms with van der Waals surface area (Å²) in [7, 11) is 0. The minimum absolute atomic E-state index is 0.0812. The van der Waals surface area contributed by atoms with Gasteiger partial charge in [0.15, 0.2) is 0 Å². The van der Waals surface area contributed by atoms with E-state index >= 15 is 0 Å². The summed E-state index contributed by atoms with van der Waals surface area (Å²) in [5, 5.41) is 18.3. The molecule has 6 aliphatic heterocycles. The summed E-state index contributed by atoms with van der Waals surface area (Å²) in [6, 6.07) is 34.6. The third-order valence-electron chi connectivity index (χ3n) is 18.4. The van der Waals surface area contributed by atoms with E-state index in [9.17, 15) is 19.5 Å². The van der Waals surface area contributed by atoms with Crippen LogP contribution >= 0.6 is 0 Å². The van der Waals surface area contributed by atoms with Crippen LogP contribution in [0.2, 0.25) is 0 Å². The number of unbranched alkanes of at least 4 members (excludes halogenated alkanes) is 1. The Bertz CT molecular complexity index is 3850. The SMILES string of the molecule is CC(C)(C)OC(=O)N1CCC[C@H]1COc1nc2c(c(N3CCNCC3)n1)CCN(c1cc(O)cc3ccccc13)C2.CCCCOc1cc(N2CCc3c(nc(OC[C@@H]4CCCN4C(=O)OC(C)(C)C)nc3N3CCN(C(=O)OCc4ccccc4)CC3)C2)c2ccccc2c1. The molecule has 6 aliphatic rings. The fraction of sp³-hybridized carbons (Fsp3) is 0.500. The van der Waals surface area contributed by atoms with Crippen LogP contribution < -0.4 is 39.1 Å². The molecule has 8 heterocycles. The van der Waals surface area contributed by atoms with Gasteiger partial charge in [-0.1, -0.05) is 92.2 Å². The average Bonchev–Trinajstić information content (AvgIpc) is 1.14. The lowest BCUT2D eigenvalue weighted by atomic mass is 10.0. The molecular weight excluding hydrogens is 1220 g/mol. The fourth-order valence-electron chi connectivity index (χ4n) is 13.6. The molecule has 22 nitrogen and oxygen atoms in total. The maximum absolute atomic E-state index is 13.0. The van der Waals surface area contributed by atoms with Gasteiger partial charge in [0, 0.05) is 124 Å². The first-order valence-electron chi connectivity index (χ1n) is 34.5. The standard InChI is InChI=1S/C43H54N6O6.C31H40N6O4/c1-5-6-25-52-34-26-32-15-10-11-17-35(32)38(27-34)48-20-18-36-37(28-48)44-40(53-30-33-16-12-19-49(33)42(51)55-43(2,3)4)45-39(36)46-21-23-47(24-22-46)41(50)54-29-31-13-8-7-9-14-31;1-31(2,3)41-30(39)37-13-6-8-22(37)20-40-29-33-26-19-36(27-18-23(38)17-21-7-4-5-9-24(21)27)14-10-25(26)28(34-29)35-15-11-32-12-16-35/h7-11,13-15,17,26-27,33H,5-6,12,16,18-25,28-30H2,1-4H3;4-5,7,9,17-18,22,32,38H,6,8,10-16,19-20H2,1-3H3/t33-;22-/m00/s1. The summed E-state index contributed by atoms with van der Waals surface area (Å²) in [6.45, 7) is 24.8. The van der Waals surface area contributed by atoms with Gasteiger partial charge in [0.05, 0.1) is 43.2 Å². The van der Waals surface area contributed by atoms with Gasteiger partial charge in [0.25, 0.3) is 0 Å². The molecule has 0 radical (unpaired) electrons. The number of carbonyl (C=O) groups is 3. The second kappa shape index (κ2) is 29.9. The first-order chi connectivity index (χ1) is 46.4. The van der Waals surface area contributed by atoms with Crippen LogP contribution in [-0.4, -0.2) is 180 Å². The number of aromatic nitrogens is 4. The van der Waals surface area contributed by atoms with Gasteiger partial charge in [0.2, 0.25) is 0 Å². The topological polar surface area (TPSA) is 213 Å². The molecule has 96 heavy (non-hydrogen) atoms. The zero-order chi connectivity index (χ0) is 66.9.